The third-order valence-electron chi connectivity index (χ3n) is 7.69. The summed E-state index contributed by atoms with van der Waals surface area (Å²) >= 11 is 0. The lowest BCUT2D eigenvalue weighted by atomic mass is 9.62. The Bertz CT molecular complexity index is 995. The normalized spacial score (nSPS) is 23.3. The fourth-order valence-electron chi connectivity index (χ4n) is 5.88. The summed E-state index contributed by atoms with van der Waals surface area (Å²) in [5.41, 5.74) is 1.12. The minimum absolute atomic E-state index is 0.0431. The Morgan fingerprint density at radius 2 is 1.61 bits per heavy atom. The number of carbonyl (C=O) groups excluding carboxylic acids is 2. The molecule has 3 aliphatic rings. The van der Waals surface area contributed by atoms with Crippen LogP contribution in [0.2, 0.25) is 0 Å². The Hall–Kier alpha value is -2.73. The number of nitrogens with zero attached hydrogens (tertiary/aromatic N) is 3. The molecule has 3 aliphatic heterocycles. The summed E-state index contributed by atoms with van der Waals surface area (Å²) in [6, 6.07) is 16.1. The van der Waals surface area contributed by atoms with Gasteiger partial charge in [0.1, 0.15) is 5.82 Å². The van der Waals surface area contributed by atoms with Gasteiger partial charge in [0.05, 0.1) is 18.0 Å². The molecular weight excluding hydrogens is 417 g/mol. The van der Waals surface area contributed by atoms with Gasteiger partial charge < -0.3 is 9.80 Å². The first-order valence-electron chi connectivity index (χ1n) is 12.2. The van der Waals surface area contributed by atoms with E-state index < -0.39 is 5.41 Å². The van der Waals surface area contributed by atoms with Gasteiger partial charge in [-0.3, -0.25) is 14.5 Å². The number of piperidine rings is 1. The molecule has 0 bridgehead atoms. The number of rotatable bonds is 4. The fourth-order valence-corrected chi connectivity index (χ4v) is 5.88. The predicted octanol–water partition coefficient (Wildman–Crippen LogP) is 4.40. The number of anilines is 1. The van der Waals surface area contributed by atoms with Crippen molar-refractivity contribution >= 4 is 17.5 Å². The van der Waals surface area contributed by atoms with Crippen molar-refractivity contribution in [2.75, 3.05) is 37.6 Å². The van der Waals surface area contributed by atoms with Crippen molar-refractivity contribution in [2.24, 2.45) is 5.41 Å². The molecule has 3 heterocycles. The highest BCUT2D eigenvalue weighted by Crippen LogP contribution is 2.57. The quantitative estimate of drug-likeness (QED) is 0.650. The van der Waals surface area contributed by atoms with E-state index in [1.54, 1.807) is 17.0 Å². The van der Waals surface area contributed by atoms with Crippen LogP contribution in [0.1, 0.15) is 50.1 Å². The molecule has 3 saturated heterocycles. The van der Waals surface area contributed by atoms with Gasteiger partial charge in [-0.1, -0.05) is 49.2 Å². The molecule has 0 N–H and O–H groups in total. The summed E-state index contributed by atoms with van der Waals surface area (Å²) in [6.07, 6.45) is 6.12. The first kappa shape index (κ1) is 22.1. The Labute approximate surface area is 195 Å². The first-order chi connectivity index (χ1) is 16.1. The predicted molar refractivity (Wildman–Crippen MR) is 126 cm³/mol. The molecule has 3 fully saturated rings. The number of benzene rings is 2. The number of hydrogen-bond acceptors (Lipinski definition) is 3. The summed E-state index contributed by atoms with van der Waals surface area (Å²) in [5, 5.41) is 0. The summed E-state index contributed by atoms with van der Waals surface area (Å²) in [6.45, 7) is 3.68. The molecule has 0 aliphatic carbocycles. The Kier molecular flexibility index (Phi) is 6.19. The van der Waals surface area contributed by atoms with E-state index in [1.165, 1.54) is 37.8 Å². The SMILES string of the molecule is O=C(CN1CCCCCC1)N1CCC2(CC1)C(=O)N(c1cccc(F)c1)C2c1ccccc1. The van der Waals surface area contributed by atoms with Gasteiger partial charge in [0.15, 0.2) is 0 Å². The Balaban J connectivity index is 1.32. The summed E-state index contributed by atoms with van der Waals surface area (Å²) < 4.78 is 14.0. The van der Waals surface area contributed by atoms with Gasteiger partial charge in [0.25, 0.3) is 0 Å². The zero-order valence-electron chi connectivity index (χ0n) is 19.1. The average Bonchev–Trinajstić information content (AvgIpc) is 3.11. The molecule has 6 heteroatoms. The molecule has 1 atom stereocenters. The van der Waals surface area contributed by atoms with Crippen LogP contribution in [0, 0.1) is 11.2 Å². The van der Waals surface area contributed by atoms with Crippen LogP contribution < -0.4 is 4.90 Å². The standard InChI is InChI=1S/C27H32FN3O2/c28-22-11-8-12-23(19-22)31-25(21-9-4-3-5-10-21)27(26(31)33)13-17-30(18-14-27)24(32)20-29-15-6-1-2-7-16-29/h3-5,8-12,19,25H,1-2,6-7,13-18,20H2. The van der Waals surface area contributed by atoms with Crippen LogP contribution in [0.3, 0.4) is 0 Å². The summed E-state index contributed by atoms with van der Waals surface area (Å²) in [4.78, 5) is 32.5. The van der Waals surface area contributed by atoms with Crippen LogP contribution in [-0.4, -0.2) is 54.3 Å². The maximum atomic E-state index is 14.0. The van der Waals surface area contributed by atoms with E-state index in [4.69, 9.17) is 0 Å². The third kappa shape index (κ3) is 4.17. The lowest BCUT2D eigenvalue weighted by molar-refractivity contribution is -0.149. The number of carbonyl (C=O) groups is 2. The summed E-state index contributed by atoms with van der Waals surface area (Å²) in [7, 11) is 0. The van der Waals surface area contributed by atoms with Crippen molar-refractivity contribution in [1.29, 1.82) is 0 Å². The second-order valence-electron chi connectivity index (χ2n) is 9.70. The van der Waals surface area contributed by atoms with E-state index in [2.05, 4.69) is 4.90 Å². The van der Waals surface area contributed by atoms with E-state index in [0.29, 0.717) is 38.2 Å². The van der Waals surface area contributed by atoms with Gasteiger partial charge in [-0.05, 0) is 62.5 Å². The Morgan fingerprint density at radius 1 is 0.909 bits per heavy atom. The van der Waals surface area contributed by atoms with Crippen LogP contribution in [0.4, 0.5) is 10.1 Å². The monoisotopic (exact) mass is 449 g/mol. The van der Waals surface area contributed by atoms with Gasteiger partial charge in [0, 0.05) is 18.8 Å². The third-order valence-corrected chi connectivity index (χ3v) is 7.69. The minimum Gasteiger partial charge on any atom is -0.342 e. The number of halogens is 1. The highest BCUT2D eigenvalue weighted by molar-refractivity contribution is 6.06. The molecule has 2 aromatic carbocycles. The van der Waals surface area contributed by atoms with Crippen LogP contribution in [0.25, 0.3) is 0 Å². The molecule has 174 valence electrons. The Morgan fingerprint density at radius 3 is 2.27 bits per heavy atom. The molecule has 1 unspecified atom stereocenters. The van der Waals surface area contributed by atoms with Crippen LogP contribution in [0.15, 0.2) is 54.6 Å². The van der Waals surface area contributed by atoms with Crippen molar-refractivity contribution in [1.82, 2.24) is 9.80 Å². The van der Waals surface area contributed by atoms with E-state index in [0.717, 1.165) is 18.7 Å². The molecular formula is C27H32FN3O2. The smallest absolute Gasteiger partial charge is 0.236 e. The molecule has 33 heavy (non-hydrogen) atoms. The van der Waals surface area contributed by atoms with Gasteiger partial charge in [-0.2, -0.15) is 0 Å². The van der Waals surface area contributed by atoms with Gasteiger partial charge in [-0.25, -0.2) is 4.39 Å². The van der Waals surface area contributed by atoms with Gasteiger partial charge in [-0.15, -0.1) is 0 Å². The molecule has 0 radical (unpaired) electrons. The molecule has 1 spiro atoms. The zero-order valence-corrected chi connectivity index (χ0v) is 19.1. The van der Waals surface area contributed by atoms with Gasteiger partial charge in [0.2, 0.25) is 11.8 Å². The van der Waals surface area contributed by atoms with Crippen LogP contribution in [0.5, 0.6) is 0 Å². The molecule has 0 saturated carbocycles. The largest absolute Gasteiger partial charge is 0.342 e. The number of likely N-dealkylation sites (tertiary alicyclic amines) is 2. The lowest BCUT2D eigenvalue weighted by Crippen LogP contribution is -2.67. The molecule has 2 amide bonds. The second-order valence-corrected chi connectivity index (χ2v) is 9.70. The average molecular weight is 450 g/mol. The highest BCUT2D eigenvalue weighted by Gasteiger charge is 2.62. The number of β-lactam (4-membered cyclic amide) rings is 1. The van der Waals surface area contributed by atoms with Crippen molar-refractivity contribution in [2.45, 2.75) is 44.6 Å². The fraction of sp³-hybridized carbons (Fsp3) is 0.481. The van der Waals surface area contributed by atoms with E-state index in [1.807, 2.05) is 35.2 Å². The maximum absolute atomic E-state index is 14.0. The van der Waals surface area contributed by atoms with Crippen molar-refractivity contribution in [3.63, 3.8) is 0 Å². The van der Waals surface area contributed by atoms with E-state index in [9.17, 15) is 14.0 Å². The second kappa shape index (κ2) is 9.26. The van der Waals surface area contributed by atoms with Crippen molar-refractivity contribution in [3.05, 3.63) is 66.0 Å². The van der Waals surface area contributed by atoms with E-state index >= 15 is 0 Å². The van der Waals surface area contributed by atoms with Crippen molar-refractivity contribution in [3.8, 4) is 0 Å². The minimum atomic E-state index is -0.535. The highest BCUT2D eigenvalue weighted by atomic mass is 19.1. The molecule has 0 aromatic heterocycles. The number of hydrogen-bond donors (Lipinski definition) is 0. The van der Waals surface area contributed by atoms with E-state index in [-0.39, 0.29) is 23.7 Å². The first-order valence-corrected chi connectivity index (χ1v) is 12.2. The van der Waals surface area contributed by atoms with Crippen molar-refractivity contribution < 1.29 is 14.0 Å². The topological polar surface area (TPSA) is 43.9 Å². The molecule has 5 nitrogen and oxygen atoms in total. The zero-order chi connectivity index (χ0) is 22.8. The van der Waals surface area contributed by atoms with Gasteiger partial charge >= 0.3 is 0 Å². The molecule has 5 rings (SSSR count). The lowest BCUT2D eigenvalue weighted by Gasteiger charge is -2.59. The maximum Gasteiger partial charge on any atom is 0.236 e. The molecule has 2 aromatic rings. The van der Waals surface area contributed by atoms with Crippen LogP contribution in [-0.2, 0) is 9.59 Å². The summed E-state index contributed by atoms with van der Waals surface area (Å²) in [5.74, 6) is -0.125. The van der Waals surface area contributed by atoms with Crippen LogP contribution >= 0.6 is 0 Å². The number of amides is 2.